The molecule has 0 aliphatic carbocycles. The number of carboxylic acid groups (broad SMARTS) is 1. The Bertz CT molecular complexity index is 1610. The first kappa shape index (κ1) is 28.7. The lowest BCUT2D eigenvalue weighted by molar-refractivity contribution is -0.274. The number of alkyl halides is 3. The van der Waals surface area contributed by atoms with Crippen molar-refractivity contribution in [1.29, 1.82) is 0 Å². The van der Waals surface area contributed by atoms with Crippen molar-refractivity contribution in [3.05, 3.63) is 53.1 Å². The molecule has 4 aliphatic rings. The molecule has 0 radical (unpaired) electrons. The largest absolute Gasteiger partial charge is 0.573 e. The van der Waals surface area contributed by atoms with Crippen LogP contribution in [0.5, 0.6) is 5.75 Å². The van der Waals surface area contributed by atoms with E-state index in [0.717, 1.165) is 18.2 Å². The zero-order chi connectivity index (χ0) is 30.5. The van der Waals surface area contributed by atoms with E-state index in [9.17, 15) is 27.6 Å². The third-order valence-corrected chi connectivity index (χ3v) is 8.06. The van der Waals surface area contributed by atoms with E-state index >= 15 is 0 Å². The van der Waals surface area contributed by atoms with Gasteiger partial charge in [0.15, 0.2) is 5.75 Å². The molecule has 4 fully saturated rings. The highest BCUT2D eigenvalue weighted by atomic mass is 19.4. The molecule has 43 heavy (non-hydrogen) atoms. The maximum absolute atomic E-state index is 13.4. The third kappa shape index (κ3) is 6.08. The van der Waals surface area contributed by atoms with Gasteiger partial charge in [0, 0.05) is 38.3 Å². The molecule has 2 aromatic carbocycles. The van der Waals surface area contributed by atoms with E-state index in [-0.39, 0.29) is 35.0 Å². The van der Waals surface area contributed by atoms with Gasteiger partial charge in [0.1, 0.15) is 6.33 Å². The van der Waals surface area contributed by atoms with Crippen molar-refractivity contribution in [3.8, 4) is 11.4 Å². The smallest absolute Gasteiger partial charge is 0.465 e. The number of hydrogen-bond acceptors (Lipinski definition) is 8. The zero-order valence-electron chi connectivity index (χ0n) is 23.0. The summed E-state index contributed by atoms with van der Waals surface area (Å²) in [4.78, 5) is 45.8. The third-order valence-electron chi connectivity index (χ3n) is 8.06. The Morgan fingerprint density at radius 3 is 2.53 bits per heavy atom. The molecule has 12 nitrogen and oxygen atoms in total. The van der Waals surface area contributed by atoms with E-state index in [4.69, 9.17) is 9.84 Å². The second kappa shape index (κ2) is 11.0. The fourth-order valence-electron chi connectivity index (χ4n) is 5.86. The number of hydrogen-bond donors (Lipinski definition) is 3. The number of rotatable bonds is 7. The van der Waals surface area contributed by atoms with Crippen LogP contribution in [0.3, 0.4) is 0 Å². The average Bonchev–Trinajstić information content (AvgIpc) is 3.40. The molecule has 3 N–H and O–H groups in total. The zero-order valence-corrected chi connectivity index (χ0v) is 23.0. The molecule has 2 amide bonds. The van der Waals surface area contributed by atoms with E-state index < -0.39 is 35.7 Å². The maximum Gasteiger partial charge on any atom is 0.573 e. The minimum absolute atomic E-state index is 0.0472. The molecule has 228 valence electrons. The van der Waals surface area contributed by atoms with Gasteiger partial charge >= 0.3 is 12.5 Å². The second-order valence-corrected chi connectivity index (χ2v) is 11.0. The summed E-state index contributed by atoms with van der Waals surface area (Å²) in [5, 5.41) is 14.3. The van der Waals surface area contributed by atoms with Crippen molar-refractivity contribution in [2.24, 2.45) is 0 Å². The number of halogens is 3. The molecule has 1 aromatic heterocycles. The van der Waals surface area contributed by atoms with Crippen LogP contribution in [0.2, 0.25) is 0 Å². The van der Waals surface area contributed by atoms with Crippen LogP contribution in [0, 0.1) is 0 Å². The minimum atomic E-state index is -5.00. The number of ether oxygens (including phenoxy) is 2. The number of carbonyl (C=O) groups excluding carboxylic acids is 1. The summed E-state index contributed by atoms with van der Waals surface area (Å²) in [7, 11) is 0. The number of anilines is 2. The predicted octanol–water partition coefficient (Wildman–Crippen LogP) is 2.93. The lowest BCUT2D eigenvalue weighted by Crippen LogP contribution is -2.61. The summed E-state index contributed by atoms with van der Waals surface area (Å²) in [5.41, 5.74) is 0.640. The number of amides is 2. The Hall–Kier alpha value is -4.37. The van der Waals surface area contributed by atoms with E-state index in [0.29, 0.717) is 38.1 Å². The standard InChI is InChI=1S/C28H29F3N6O6/c1-15(36-12-19-10-20(13-36)42-19)25(38)34-23-9-18(3-5-24(23)43-28(29,30)31)37-14-32-22-8-17(2-4-21(22)26(37)39)35-7-6-16(11-35)33-27(40)41/h2-5,8-9,14-16,19-20,33H,6-7,10-13H2,1H3,(H,34,38)(H,40,41)/t15?,16-,19?,20?/m1/s1. The Balaban J connectivity index is 1.26. The second-order valence-electron chi connectivity index (χ2n) is 11.0. The van der Waals surface area contributed by atoms with Crippen molar-refractivity contribution in [2.75, 3.05) is 36.4 Å². The highest BCUT2D eigenvalue weighted by Crippen LogP contribution is 2.34. The lowest BCUT2D eigenvalue weighted by Gasteiger charge is -2.48. The molecule has 4 saturated heterocycles. The van der Waals surface area contributed by atoms with Gasteiger partial charge in [-0.2, -0.15) is 0 Å². The summed E-state index contributed by atoms with van der Waals surface area (Å²) >= 11 is 0. The van der Waals surface area contributed by atoms with Crippen molar-refractivity contribution in [1.82, 2.24) is 19.8 Å². The SMILES string of the molecule is CC(C(=O)Nc1cc(-n2cnc3cc(N4CC[C@@H](NC(=O)O)C4)ccc3c2=O)ccc1OC(F)(F)F)N1CC2CC(C1)O2. The van der Waals surface area contributed by atoms with Crippen molar-refractivity contribution >= 4 is 34.3 Å². The number of nitrogens with zero attached hydrogens (tertiary/aromatic N) is 4. The molecule has 3 unspecified atom stereocenters. The monoisotopic (exact) mass is 602 g/mol. The van der Waals surface area contributed by atoms with Crippen LogP contribution in [0.25, 0.3) is 16.6 Å². The van der Waals surface area contributed by atoms with Crippen molar-refractivity contribution < 1.29 is 37.3 Å². The van der Waals surface area contributed by atoms with Crippen LogP contribution >= 0.6 is 0 Å². The molecule has 3 aromatic rings. The lowest BCUT2D eigenvalue weighted by atomic mass is 9.97. The normalized spacial score (nSPS) is 22.6. The van der Waals surface area contributed by atoms with Gasteiger partial charge in [0.05, 0.1) is 46.6 Å². The molecule has 4 aliphatic heterocycles. The number of carbonyl (C=O) groups is 2. The van der Waals surface area contributed by atoms with Crippen LogP contribution in [-0.4, -0.2) is 88.4 Å². The molecule has 4 atom stereocenters. The van der Waals surface area contributed by atoms with Gasteiger partial charge in [-0.3, -0.25) is 19.1 Å². The minimum Gasteiger partial charge on any atom is -0.465 e. The van der Waals surface area contributed by atoms with E-state index in [1.807, 2.05) is 9.80 Å². The topological polar surface area (TPSA) is 138 Å². The quantitative estimate of drug-likeness (QED) is 0.373. The van der Waals surface area contributed by atoms with E-state index in [1.54, 1.807) is 25.1 Å². The van der Waals surface area contributed by atoms with Crippen molar-refractivity contribution in [3.63, 3.8) is 0 Å². The number of piperidine rings is 1. The molecular formula is C28H29F3N6O6. The number of aromatic nitrogens is 2. The van der Waals surface area contributed by atoms with Crippen LogP contribution < -0.4 is 25.8 Å². The first-order chi connectivity index (χ1) is 20.4. The summed E-state index contributed by atoms with van der Waals surface area (Å²) < 4.78 is 50.5. The molecule has 2 bridgehead atoms. The maximum atomic E-state index is 13.4. The fraction of sp³-hybridized carbons (Fsp3) is 0.429. The number of nitrogens with one attached hydrogen (secondary N) is 2. The van der Waals surface area contributed by atoms with Crippen LogP contribution in [-0.2, 0) is 9.53 Å². The highest BCUT2D eigenvalue weighted by molar-refractivity contribution is 5.96. The Labute approximate surface area is 243 Å². The summed E-state index contributed by atoms with van der Waals surface area (Å²) in [6.45, 7) is 3.87. The van der Waals surface area contributed by atoms with Gasteiger partial charge in [0.25, 0.3) is 5.56 Å². The predicted molar refractivity (Wildman–Crippen MR) is 149 cm³/mol. The van der Waals surface area contributed by atoms with Crippen LogP contribution in [0.15, 0.2) is 47.5 Å². The van der Waals surface area contributed by atoms with Crippen molar-refractivity contribution in [2.45, 2.75) is 50.4 Å². The summed E-state index contributed by atoms with van der Waals surface area (Å²) in [5.74, 6) is -1.14. The van der Waals surface area contributed by atoms with Gasteiger partial charge in [0.2, 0.25) is 5.91 Å². The number of morpholine rings is 1. The average molecular weight is 603 g/mol. The van der Waals surface area contributed by atoms with Gasteiger partial charge in [-0.1, -0.05) is 0 Å². The van der Waals surface area contributed by atoms with Crippen LogP contribution in [0.1, 0.15) is 19.8 Å². The molecule has 0 spiro atoms. The Kier molecular flexibility index (Phi) is 7.38. The molecular weight excluding hydrogens is 573 g/mol. The molecule has 0 saturated carbocycles. The number of fused-ring (bicyclic) bond motifs is 3. The van der Waals surface area contributed by atoms with Gasteiger partial charge in [-0.05, 0) is 49.7 Å². The molecule has 5 heterocycles. The van der Waals surface area contributed by atoms with E-state index in [2.05, 4.69) is 20.4 Å². The van der Waals surface area contributed by atoms with E-state index in [1.165, 1.54) is 23.0 Å². The van der Waals surface area contributed by atoms with Gasteiger partial charge in [-0.15, -0.1) is 13.2 Å². The molecule has 15 heteroatoms. The Morgan fingerprint density at radius 2 is 1.84 bits per heavy atom. The first-order valence-corrected chi connectivity index (χ1v) is 13.8. The summed E-state index contributed by atoms with van der Waals surface area (Å²) in [6.07, 6.45) is -3.17. The molecule has 7 rings (SSSR count). The van der Waals surface area contributed by atoms with Crippen LogP contribution in [0.4, 0.5) is 29.3 Å². The van der Waals surface area contributed by atoms with Gasteiger partial charge in [-0.25, -0.2) is 9.78 Å². The highest BCUT2D eigenvalue weighted by Gasteiger charge is 2.41. The Morgan fingerprint density at radius 1 is 1.12 bits per heavy atom. The fourth-order valence-corrected chi connectivity index (χ4v) is 5.86. The number of benzene rings is 2. The first-order valence-electron chi connectivity index (χ1n) is 13.8. The van der Waals surface area contributed by atoms with Gasteiger partial charge < -0.3 is 30.1 Å². The summed E-state index contributed by atoms with van der Waals surface area (Å²) in [6, 6.07) is 7.78.